The van der Waals surface area contributed by atoms with Crippen LogP contribution in [0.15, 0.2) is 16.6 Å². The molecule has 140 valence electrons. The van der Waals surface area contributed by atoms with Crippen molar-refractivity contribution in [3.8, 4) is 5.75 Å². The van der Waals surface area contributed by atoms with Gasteiger partial charge in [-0.1, -0.05) is 0 Å². The van der Waals surface area contributed by atoms with E-state index in [-0.39, 0.29) is 18.0 Å². The molecule has 0 radical (unpaired) electrons. The zero-order valence-electron chi connectivity index (χ0n) is 15.4. The Labute approximate surface area is 157 Å². The summed E-state index contributed by atoms with van der Waals surface area (Å²) in [5, 5.41) is 0. The summed E-state index contributed by atoms with van der Waals surface area (Å²) in [5.74, 6) is 0.339. The van der Waals surface area contributed by atoms with Gasteiger partial charge in [0.15, 0.2) is 0 Å². The van der Waals surface area contributed by atoms with Crippen molar-refractivity contribution in [1.82, 2.24) is 9.80 Å². The minimum Gasteiger partial charge on any atom is -0.496 e. The Bertz CT molecular complexity index is 633. The van der Waals surface area contributed by atoms with Crippen molar-refractivity contribution in [2.75, 3.05) is 26.7 Å². The molecule has 1 heterocycles. The van der Waals surface area contributed by atoms with E-state index in [1.54, 1.807) is 18.1 Å². The second kappa shape index (κ2) is 7.91. The minimum absolute atomic E-state index is 0.126. The Morgan fingerprint density at radius 2 is 2.04 bits per heavy atom. The molecular formula is C18H26BrFN2O3. The second-order valence-electron chi connectivity index (χ2n) is 7.29. The maximum atomic E-state index is 13.9. The summed E-state index contributed by atoms with van der Waals surface area (Å²) in [7, 11) is 1.58. The van der Waals surface area contributed by atoms with Crippen LogP contribution in [-0.4, -0.2) is 54.3 Å². The predicted octanol–water partition coefficient (Wildman–Crippen LogP) is 4.04. The van der Waals surface area contributed by atoms with E-state index < -0.39 is 5.60 Å². The number of carbonyl (C=O) groups is 1. The van der Waals surface area contributed by atoms with Crippen molar-refractivity contribution in [3.05, 3.63) is 28.0 Å². The smallest absolute Gasteiger partial charge is 0.410 e. The Balaban J connectivity index is 2.06. The molecule has 0 N–H and O–H groups in total. The SMILES string of the molecule is COc1ccc(F)c(Br)c1CN1CCN(C(=O)OC(C)(C)C)CC1C. The molecule has 25 heavy (non-hydrogen) atoms. The molecule has 2 rings (SSSR count). The van der Waals surface area contributed by atoms with Crippen LogP contribution in [0.3, 0.4) is 0 Å². The van der Waals surface area contributed by atoms with E-state index in [9.17, 15) is 9.18 Å². The van der Waals surface area contributed by atoms with Crippen molar-refractivity contribution in [2.45, 2.75) is 45.9 Å². The fourth-order valence-electron chi connectivity index (χ4n) is 2.84. The number of amides is 1. The van der Waals surface area contributed by atoms with E-state index in [2.05, 4.69) is 27.8 Å². The molecule has 1 aliphatic heterocycles. The molecule has 1 unspecified atom stereocenters. The van der Waals surface area contributed by atoms with Gasteiger partial charge < -0.3 is 14.4 Å². The van der Waals surface area contributed by atoms with Crippen molar-refractivity contribution < 1.29 is 18.7 Å². The molecule has 0 saturated carbocycles. The van der Waals surface area contributed by atoms with Gasteiger partial charge in [-0.2, -0.15) is 0 Å². The highest BCUT2D eigenvalue weighted by molar-refractivity contribution is 9.10. The maximum absolute atomic E-state index is 13.9. The minimum atomic E-state index is -0.503. The first-order chi connectivity index (χ1) is 11.6. The monoisotopic (exact) mass is 416 g/mol. The zero-order valence-corrected chi connectivity index (χ0v) is 17.0. The number of benzene rings is 1. The Morgan fingerprint density at radius 1 is 1.36 bits per heavy atom. The van der Waals surface area contributed by atoms with Crippen molar-refractivity contribution >= 4 is 22.0 Å². The lowest BCUT2D eigenvalue weighted by atomic mass is 10.1. The van der Waals surface area contributed by atoms with Crippen LogP contribution < -0.4 is 4.74 Å². The number of halogens is 2. The Hall–Kier alpha value is -1.34. The van der Waals surface area contributed by atoms with Gasteiger partial charge >= 0.3 is 6.09 Å². The van der Waals surface area contributed by atoms with Crippen LogP contribution in [0.5, 0.6) is 5.75 Å². The summed E-state index contributed by atoms with van der Waals surface area (Å²) in [4.78, 5) is 16.2. The van der Waals surface area contributed by atoms with E-state index >= 15 is 0 Å². The third-order valence-corrected chi connectivity index (χ3v) is 5.01. The summed E-state index contributed by atoms with van der Waals surface area (Å²) >= 11 is 3.32. The molecule has 1 fully saturated rings. The van der Waals surface area contributed by atoms with E-state index in [0.717, 1.165) is 5.56 Å². The van der Waals surface area contributed by atoms with Gasteiger partial charge in [-0.25, -0.2) is 9.18 Å². The van der Waals surface area contributed by atoms with E-state index in [1.807, 2.05) is 20.8 Å². The molecule has 0 aromatic heterocycles. The molecule has 1 aliphatic rings. The van der Waals surface area contributed by atoms with Crippen molar-refractivity contribution in [2.24, 2.45) is 0 Å². The van der Waals surface area contributed by atoms with Crippen LogP contribution in [0.25, 0.3) is 0 Å². The number of hydrogen-bond acceptors (Lipinski definition) is 4. The van der Waals surface area contributed by atoms with Gasteiger partial charge in [0.25, 0.3) is 0 Å². The lowest BCUT2D eigenvalue weighted by molar-refractivity contribution is 0.00447. The third-order valence-electron chi connectivity index (χ3n) is 4.15. The predicted molar refractivity (Wildman–Crippen MR) is 98.3 cm³/mol. The summed E-state index contributed by atoms with van der Waals surface area (Å²) in [5.41, 5.74) is 0.275. The van der Waals surface area contributed by atoms with Crippen LogP contribution in [0.1, 0.15) is 33.3 Å². The van der Waals surface area contributed by atoms with Crippen LogP contribution in [-0.2, 0) is 11.3 Å². The van der Waals surface area contributed by atoms with Gasteiger partial charge in [-0.05, 0) is 55.8 Å². The molecular weight excluding hydrogens is 391 g/mol. The third kappa shape index (κ3) is 5.07. The van der Waals surface area contributed by atoms with Crippen LogP contribution in [0.2, 0.25) is 0 Å². The van der Waals surface area contributed by atoms with Crippen LogP contribution in [0.4, 0.5) is 9.18 Å². The number of hydrogen-bond donors (Lipinski definition) is 0. The normalized spacial score (nSPS) is 19.0. The molecule has 1 saturated heterocycles. The van der Waals surface area contributed by atoms with Gasteiger partial charge in [0.1, 0.15) is 17.2 Å². The van der Waals surface area contributed by atoms with E-state index in [1.165, 1.54) is 6.07 Å². The highest BCUT2D eigenvalue weighted by Gasteiger charge is 2.30. The summed E-state index contributed by atoms with van der Waals surface area (Å²) in [6, 6.07) is 3.15. The summed E-state index contributed by atoms with van der Waals surface area (Å²) in [6.07, 6.45) is -0.288. The Morgan fingerprint density at radius 3 is 2.60 bits per heavy atom. The zero-order chi connectivity index (χ0) is 18.8. The molecule has 1 atom stereocenters. The average Bonchev–Trinajstić information content (AvgIpc) is 2.52. The molecule has 0 aliphatic carbocycles. The summed E-state index contributed by atoms with van der Waals surface area (Å²) < 4.78 is 25.1. The van der Waals surface area contributed by atoms with E-state index in [0.29, 0.717) is 36.4 Å². The quantitative estimate of drug-likeness (QED) is 0.745. The highest BCUT2D eigenvalue weighted by Crippen LogP contribution is 2.31. The van der Waals surface area contributed by atoms with Gasteiger partial charge in [0, 0.05) is 37.8 Å². The average molecular weight is 417 g/mol. The van der Waals surface area contributed by atoms with Crippen molar-refractivity contribution in [1.29, 1.82) is 0 Å². The lowest BCUT2D eigenvalue weighted by Crippen LogP contribution is -2.54. The Kier molecular flexibility index (Phi) is 6.32. The second-order valence-corrected chi connectivity index (χ2v) is 8.08. The van der Waals surface area contributed by atoms with Gasteiger partial charge in [0.05, 0.1) is 11.6 Å². The fraction of sp³-hybridized carbons (Fsp3) is 0.611. The first-order valence-corrected chi connectivity index (χ1v) is 9.14. The van der Waals surface area contributed by atoms with Crippen molar-refractivity contribution in [3.63, 3.8) is 0 Å². The van der Waals surface area contributed by atoms with Gasteiger partial charge in [-0.15, -0.1) is 0 Å². The van der Waals surface area contributed by atoms with Gasteiger partial charge in [0.2, 0.25) is 0 Å². The molecule has 1 aromatic rings. The molecule has 0 spiro atoms. The maximum Gasteiger partial charge on any atom is 0.410 e. The number of ether oxygens (including phenoxy) is 2. The highest BCUT2D eigenvalue weighted by atomic mass is 79.9. The van der Waals surface area contributed by atoms with Crippen LogP contribution >= 0.6 is 15.9 Å². The number of methoxy groups -OCH3 is 1. The number of rotatable bonds is 3. The standard InChI is InChI=1S/C18H26BrFN2O3/c1-12-10-22(17(23)25-18(2,3)4)9-8-21(12)11-13-15(24-5)7-6-14(20)16(13)19/h6-7,12H,8-11H2,1-5H3. The molecule has 5 nitrogen and oxygen atoms in total. The largest absolute Gasteiger partial charge is 0.496 e. The molecule has 1 aromatic carbocycles. The first-order valence-electron chi connectivity index (χ1n) is 8.35. The summed E-state index contributed by atoms with van der Waals surface area (Å²) in [6.45, 7) is 10.0. The fourth-order valence-corrected chi connectivity index (χ4v) is 3.29. The number of nitrogens with zero attached hydrogens (tertiary/aromatic N) is 2. The number of piperazine rings is 1. The topological polar surface area (TPSA) is 42.0 Å². The first kappa shape index (κ1) is 20.0. The lowest BCUT2D eigenvalue weighted by Gasteiger charge is -2.40. The van der Waals surface area contributed by atoms with Gasteiger partial charge in [-0.3, -0.25) is 4.90 Å². The molecule has 1 amide bonds. The number of carbonyl (C=O) groups excluding carboxylic acids is 1. The molecule has 7 heteroatoms. The van der Waals surface area contributed by atoms with E-state index in [4.69, 9.17) is 9.47 Å². The molecule has 0 bridgehead atoms. The van der Waals surface area contributed by atoms with Crippen LogP contribution in [0, 0.1) is 5.82 Å².